The molecule has 5 rings (SSSR count). The zero-order valence-electron chi connectivity index (χ0n) is 12.6. The van der Waals surface area contributed by atoms with E-state index < -0.39 is 0 Å². The average Bonchev–Trinajstić information content (AvgIpc) is 3.08. The number of carbonyl (C=O) groups excluding carboxylic acids is 1. The molecular formula is C17H28N2O. The molecule has 0 spiro atoms. The highest BCUT2D eigenvalue weighted by Crippen LogP contribution is 2.41. The number of rotatable bonds is 2. The molecule has 3 aliphatic carbocycles. The van der Waals surface area contributed by atoms with Crippen molar-refractivity contribution >= 4 is 5.78 Å². The summed E-state index contributed by atoms with van der Waals surface area (Å²) >= 11 is 0. The summed E-state index contributed by atoms with van der Waals surface area (Å²) in [6, 6.07) is 2.55. The number of hydrogen-bond acceptors (Lipinski definition) is 3. The van der Waals surface area contributed by atoms with E-state index in [9.17, 15) is 4.79 Å². The second-order valence-corrected chi connectivity index (χ2v) is 7.47. The van der Waals surface area contributed by atoms with E-state index in [0.29, 0.717) is 17.9 Å². The molecule has 3 nitrogen and oxygen atoms in total. The van der Waals surface area contributed by atoms with E-state index in [1.807, 2.05) is 0 Å². The first kappa shape index (κ1) is 13.3. The molecule has 0 aromatic heterocycles. The predicted molar refractivity (Wildman–Crippen MR) is 79.2 cm³/mol. The third-order valence-corrected chi connectivity index (χ3v) is 6.17. The molecule has 2 bridgehead atoms. The zero-order valence-corrected chi connectivity index (χ0v) is 12.6. The van der Waals surface area contributed by atoms with Crippen LogP contribution in [0, 0.1) is 0 Å². The molecule has 3 heteroatoms. The lowest BCUT2D eigenvalue weighted by atomic mass is 9.99. The van der Waals surface area contributed by atoms with Crippen LogP contribution in [-0.4, -0.2) is 40.0 Å². The number of hydrazine groups is 1. The van der Waals surface area contributed by atoms with Crippen LogP contribution < -0.4 is 0 Å². The summed E-state index contributed by atoms with van der Waals surface area (Å²) in [5.74, 6) is 0.529. The van der Waals surface area contributed by atoms with Gasteiger partial charge in [0.25, 0.3) is 0 Å². The fraction of sp³-hybridized carbons (Fsp3) is 0.941. The normalized spacial score (nSPS) is 37.9. The molecule has 2 heterocycles. The predicted octanol–water partition coefficient (Wildman–Crippen LogP) is 3.28. The Morgan fingerprint density at radius 3 is 1.40 bits per heavy atom. The van der Waals surface area contributed by atoms with Crippen LogP contribution in [0.2, 0.25) is 0 Å². The number of Topliss-reactive ketones (excluding diaryl/α,β-unsaturated/α-hetero) is 1. The van der Waals surface area contributed by atoms with Crippen LogP contribution in [0.3, 0.4) is 0 Å². The van der Waals surface area contributed by atoms with Gasteiger partial charge in [0.15, 0.2) is 0 Å². The molecule has 2 aliphatic heterocycles. The van der Waals surface area contributed by atoms with Crippen molar-refractivity contribution in [3.63, 3.8) is 0 Å². The van der Waals surface area contributed by atoms with E-state index in [1.165, 1.54) is 64.2 Å². The molecule has 0 N–H and O–H groups in total. The molecule has 112 valence electrons. The highest BCUT2D eigenvalue weighted by molar-refractivity contribution is 5.80. The van der Waals surface area contributed by atoms with Gasteiger partial charge in [-0.1, -0.05) is 25.7 Å². The highest BCUT2D eigenvalue weighted by Gasteiger charge is 2.46. The Morgan fingerprint density at radius 2 is 1.00 bits per heavy atom. The SMILES string of the molecule is O=C1CC2CCC(C1)N(C1CCCC1)N2C1CCCC1. The fourth-order valence-electron chi connectivity index (χ4n) is 5.34. The van der Waals surface area contributed by atoms with Crippen molar-refractivity contribution in [2.45, 2.75) is 101 Å². The van der Waals surface area contributed by atoms with Gasteiger partial charge in [-0.15, -0.1) is 0 Å². The lowest BCUT2D eigenvalue weighted by Crippen LogP contribution is -2.61. The van der Waals surface area contributed by atoms with Crippen LogP contribution >= 0.6 is 0 Å². The highest BCUT2D eigenvalue weighted by atomic mass is 16.1. The zero-order chi connectivity index (χ0) is 13.5. The van der Waals surface area contributed by atoms with E-state index >= 15 is 0 Å². The number of nitrogens with zero attached hydrogens (tertiary/aromatic N) is 2. The van der Waals surface area contributed by atoms with Crippen LogP contribution in [0.25, 0.3) is 0 Å². The second-order valence-electron chi connectivity index (χ2n) is 7.47. The van der Waals surface area contributed by atoms with Gasteiger partial charge in [0, 0.05) is 37.0 Å². The first-order valence-corrected chi connectivity index (χ1v) is 8.91. The van der Waals surface area contributed by atoms with Gasteiger partial charge in [0.1, 0.15) is 5.78 Å². The van der Waals surface area contributed by atoms with Crippen LogP contribution in [0.4, 0.5) is 0 Å². The van der Waals surface area contributed by atoms with Crippen LogP contribution in [0.1, 0.15) is 77.0 Å². The first-order chi connectivity index (χ1) is 9.83. The van der Waals surface area contributed by atoms with Gasteiger partial charge >= 0.3 is 0 Å². The lowest BCUT2D eigenvalue weighted by molar-refractivity contribution is -0.165. The van der Waals surface area contributed by atoms with Gasteiger partial charge in [-0.2, -0.15) is 0 Å². The second kappa shape index (κ2) is 5.42. The Kier molecular flexibility index (Phi) is 3.59. The third-order valence-electron chi connectivity index (χ3n) is 6.17. The van der Waals surface area contributed by atoms with Gasteiger partial charge in [0.05, 0.1) is 0 Å². The van der Waals surface area contributed by atoms with Gasteiger partial charge < -0.3 is 0 Å². The molecule has 2 atom stereocenters. The minimum atomic E-state index is 0.529. The quantitative estimate of drug-likeness (QED) is 0.773. The summed E-state index contributed by atoms with van der Waals surface area (Å²) in [6.07, 6.45) is 15.2. The molecule has 2 saturated heterocycles. The molecule has 0 radical (unpaired) electrons. The molecule has 5 fully saturated rings. The minimum absolute atomic E-state index is 0.529. The van der Waals surface area contributed by atoms with Crippen LogP contribution in [0.5, 0.6) is 0 Å². The van der Waals surface area contributed by atoms with Crippen molar-refractivity contribution in [3.05, 3.63) is 0 Å². The van der Waals surface area contributed by atoms with E-state index in [4.69, 9.17) is 0 Å². The van der Waals surface area contributed by atoms with Crippen molar-refractivity contribution in [2.24, 2.45) is 0 Å². The first-order valence-electron chi connectivity index (χ1n) is 8.91. The molecular weight excluding hydrogens is 248 g/mol. The maximum Gasteiger partial charge on any atom is 0.136 e. The molecule has 0 amide bonds. The summed E-state index contributed by atoms with van der Waals surface area (Å²) in [5, 5.41) is 5.50. The third kappa shape index (κ3) is 2.23. The molecule has 0 aromatic carbocycles. The summed E-state index contributed by atoms with van der Waals surface area (Å²) in [7, 11) is 0. The summed E-state index contributed by atoms with van der Waals surface area (Å²) in [6.45, 7) is 0. The average molecular weight is 276 g/mol. The smallest absolute Gasteiger partial charge is 0.136 e. The molecule has 3 saturated carbocycles. The monoisotopic (exact) mass is 276 g/mol. The van der Waals surface area contributed by atoms with Crippen molar-refractivity contribution in [2.75, 3.05) is 0 Å². The van der Waals surface area contributed by atoms with E-state index in [0.717, 1.165) is 24.9 Å². The Balaban J connectivity index is 1.65. The van der Waals surface area contributed by atoms with Gasteiger partial charge in [-0.05, 0) is 38.5 Å². The largest absolute Gasteiger partial charge is 0.300 e. The lowest BCUT2D eigenvalue weighted by Gasteiger charge is -2.52. The van der Waals surface area contributed by atoms with E-state index in [1.54, 1.807) is 0 Å². The topological polar surface area (TPSA) is 23.6 Å². The van der Waals surface area contributed by atoms with Crippen molar-refractivity contribution < 1.29 is 4.79 Å². The molecule has 2 unspecified atom stereocenters. The fourth-order valence-corrected chi connectivity index (χ4v) is 5.34. The number of hydrogen-bond donors (Lipinski definition) is 0. The van der Waals surface area contributed by atoms with Crippen molar-refractivity contribution in [1.82, 2.24) is 10.0 Å². The molecule has 20 heavy (non-hydrogen) atoms. The van der Waals surface area contributed by atoms with Gasteiger partial charge in [0.2, 0.25) is 0 Å². The Labute approximate surface area is 122 Å². The molecule has 0 aromatic rings. The summed E-state index contributed by atoms with van der Waals surface area (Å²) in [4.78, 5) is 12.2. The standard InChI is InChI=1S/C17H28N2O/c20-17-11-15-9-10-16(12-17)19(14-7-3-4-8-14)18(15)13-5-1-2-6-13/h13-16H,1-12H2. The number of fused-ring (bicyclic) bond motifs is 4. The molecule has 5 aliphatic rings. The van der Waals surface area contributed by atoms with Crippen LogP contribution in [-0.2, 0) is 4.79 Å². The number of ketones is 1. The minimum Gasteiger partial charge on any atom is -0.300 e. The van der Waals surface area contributed by atoms with E-state index in [2.05, 4.69) is 10.0 Å². The van der Waals surface area contributed by atoms with Crippen molar-refractivity contribution in [1.29, 1.82) is 0 Å². The summed E-state index contributed by atoms with van der Waals surface area (Å²) < 4.78 is 0. The van der Waals surface area contributed by atoms with Crippen molar-refractivity contribution in [3.8, 4) is 0 Å². The maximum absolute atomic E-state index is 12.2. The Morgan fingerprint density at radius 1 is 0.600 bits per heavy atom. The number of carbonyl (C=O) groups is 1. The van der Waals surface area contributed by atoms with Crippen LogP contribution in [0.15, 0.2) is 0 Å². The Hall–Kier alpha value is -0.410. The van der Waals surface area contributed by atoms with E-state index in [-0.39, 0.29) is 0 Å². The van der Waals surface area contributed by atoms with Gasteiger partial charge in [-0.3, -0.25) is 4.79 Å². The Bertz CT molecular complexity index is 337. The maximum atomic E-state index is 12.2. The summed E-state index contributed by atoms with van der Waals surface area (Å²) in [5.41, 5.74) is 0. The van der Waals surface area contributed by atoms with Gasteiger partial charge in [-0.25, -0.2) is 10.0 Å².